The largest absolute Gasteiger partial charge is 0.460 e. The van der Waals surface area contributed by atoms with Crippen LogP contribution in [0.2, 0.25) is 0 Å². The lowest BCUT2D eigenvalue weighted by Gasteiger charge is -2.14. The molecule has 14 heavy (non-hydrogen) atoms. The van der Waals surface area contributed by atoms with E-state index in [9.17, 15) is 4.79 Å². The molecule has 1 unspecified atom stereocenters. The molecule has 1 atom stereocenters. The van der Waals surface area contributed by atoms with Crippen LogP contribution in [0.25, 0.3) is 0 Å². The van der Waals surface area contributed by atoms with Crippen molar-refractivity contribution in [1.82, 2.24) is 0 Å². The number of carbonyl (C=O) groups excluding carboxylic acids is 1. The first-order chi connectivity index (χ1) is 6.88. The summed E-state index contributed by atoms with van der Waals surface area (Å²) in [5.41, 5.74) is 1.07. The van der Waals surface area contributed by atoms with Gasteiger partial charge in [0.15, 0.2) is 0 Å². The molecule has 0 amide bonds. The Bertz CT molecular complexity index is 261. The van der Waals surface area contributed by atoms with E-state index in [-0.39, 0.29) is 6.10 Å². The first-order valence-corrected chi connectivity index (χ1v) is 6.11. The van der Waals surface area contributed by atoms with Crippen LogP contribution < -0.4 is 0 Å². The Morgan fingerprint density at radius 3 is 2.64 bits per heavy atom. The molecule has 0 N–H and O–H groups in total. The lowest BCUT2D eigenvalue weighted by atomic mass is 10.1. The summed E-state index contributed by atoms with van der Waals surface area (Å²) in [6.07, 6.45) is 1.88. The van der Waals surface area contributed by atoms with E-state index < -0.39 is 0 Å². The van der Waals surface area contributed by atoms with E-state index in [4.69, 9.17) is 4.74 Å². The SMILES string of the molecule is O=COC(CCCI)c1ccccc1. The van der Waals surface area contributed by atoms with Crippen molar-refractivity contribution < 1.29 is 9.53 Å². The molecule has 0 aliphatic rings. The minimum absolute atomic E-state index is 0.0801. The van der Waals surface area contributed by atoms with Crippen LogP contribution >= 0.6 is 22.6 Å². The van der Waals surface area contributed by atoms with E-state index in [2.05, 4.69) is 22.6 Å². The minimum Gasteiger partial charge on any atom is -0.460 e. The predicted molar refractivity (Wildman–Crippen MR) is 64.5 cm³/mol. The zero-order valence-electron chi connectivity index (χ0n) is 7.86. The van der Waals surface area contributed by atoms with E-state index in [1.807, 2.05) is 30.3 Å². The maximum atomic E-state index is 10.3. The van der Waals surface area contributed by atoms with Crippen molar-refractivity contribution in [3.05, 3.63) is 35.9 Å². The summed E-state index contributed by atoms with van der Waals surface area (Å²) in [7, 11) is 0. The van der Waals surface area contributed by atoms with Gasteiger partial charge in [-0.15, -0.1) is 0 Å². The summed E-state index contributed by atoms with van der Waals surface area (Å²) >= 11 is 2.32. The maximum Gasteiger partial charge on any atom is 0.293 e. The Kier molecular flexibility index (Phi) is 5.59. The van der Waals surface area contributed by atoms with Crippen molar-refractivity contribution in [3.8, 4) is 0 Å². The Morgan fingerprint density at radius 2 is 2.07 bits per heavy atom. The summed E-state index contributed by atoms with van der Waals surface area (Å²) in [4.78, 5) is 10.3. The molecule has 0 heterocycles. The fraction of sp³-hybridized carbons (Fsp3) is 0.364. The van der Waals surface area contributed by atoms with E-state index in [0.717, 1.165) is 22.8 Å². The van der Waals surface area contributed by atoms with Gasteiger partial charge in [-0.05, 0) is 22.8 Å². The van der Waals surface area contributed by atoms with Crippen LogP contribution in [-0.2, 0) is 9.53 Å². The first kappa shape index (κ1) is 11.5. The molecule has 1 rings (SSSR count). The standard InChI is InChI=1S/C11H13IO2/c12-8-4-7-11(14-9-13)10-5-2-1-3-6-10/h1-3,5-6,9,11H,4,7-8H2. The molecule has 0 saturated heterocycles. The van der Waals surface area contributed by atoms with Crippen molar-refractivity contribution in [2.75, 3.05) is 4.43 Å². The normalized spacial score (nSPS) is 12.1. The highest BCUT2D eigenvalue weighted by Crippen LogP contribution is 2.21. The maximum absolute atomic E-state index is 10.3. The lowest BCUT2D eigenvalue weighted by Crippen LogP contribution is -2.03. The number of halogens is 1. The summed E-state index contributed by atoms with van der Waals surface area (Å²) in [6.45, 7) is 0.533. The van der Waals surface area contributed by atoms with Crippen LogP contribution in [0, 0.1) is 0 Å². The number of hydrogen-bond acceptors (Lipinski definition) is 2. The number of benzene rings is 1. The molecule has 0 bridgehead atoms. The van der Waals surface area contributed by atoms with Gasteiger partial charge in [-0.1, -0.05) is 52.9 Å². The molecule has 2 nitrogen and oxygen atoms in total. The minimum atomic E-state index is -0.0801. The molecule has 0 fully saturated rings. The summed E-state index contributed by atoms with van der Waals surface area (Å²) in [5.74, 6) is 0. The highest BCUT2D eigenvalue weighted by molar-refractivity contribution is 14.1. The molecule has 0 aliphatic carbocycles. The summed E-state index contributed by atoms with van der Waals surface area (Å²) < 4.78 is 6.13. The van der Waals surface area contributed by atoms with Gasteiger partial charge in [-0.25, -0.2) is 0 Å². The topological polar surface area (TPSA) is 26.3 Å². The highest BCUT2D eigenvalue weighted by atomic mass is 127. The first-order valence-electron chi connectivity index (χ1n) is 4.58. The number of carbonyl (C=O) groups is 1. The van der Waals surface area contributed by atoms with Gasteiger partial charge in [-0.3, -0.25) is 4.79 Å². The molecular weight excluding hydrogens is 291 g/mol. The zero-order chi connectivity index (χ0) is 10.2. The van der Waals surface area contributed by atoms with Crippen LogP contribution in [0.4, 0.5) is 0 Å². The molecule has 3 heteroatoms. The van der Waals surface area contributed by atoms with Crippen molar-refractivity contribution in [2.45, 2.75) is 18.9 Å². The number of rotatable bonds is 6. The third kappa shape index (κ3) is 3.65. The van der Waals surface area contributed by atoms with E-state index >= 15 is 0 Å². The van der Waals surface area contributed by atoms with Gasteiger partial charge in [0, 0.05) is 0 Å². The van der Waals surface area contributed by atoms with E-state index in [0.29, 0.717) is 6.47 Å². The number of hydrogen-bond donors (Lipinski definition) is 0. The lowest BCUT2D eigenvalue weighted by molar-refractivity contribution is -0.134. The van der Waals surface area contributed by atoms with Crippen LogP contribution in [0.3, 0.4) is 0 Å². The number of alkyl halides is 1. The summed E-state index contributed by atoms with van der Waals surface area (Å²) in [6, 6.07) is 9.85. The van der Waals surface area contributed by atoms with Crippen molar-refractivity contribution >= 4 is 29.1 Å². The second-order valence-corrected chi connectivity index (χ2v) is 4.04. The molecule has 0 aromatic heterocycles. The molecular formula is C11H13IO2. The smallest absolute Gasteiger partial charge is 0.293 e. The second-order valence-electron chi connectivity index (χ2n) is 2.96. The molecule has 1 aromatic carbocycles. The number of ether oxygens (including phenoxy) is 1. The monoisotopic (exact) mass is 304 g/mol. The quantitative estimate of drug-likeness (QED) is 0.458. The second kappa shape index (κ2) is 6.81. The van der Waals surface area contributed by atoms with Gasteiger partial charge >= 0.3 is 0 Å². The fourth-order valence-electron chi connectivity index (χ4n) is 1.31. The van der Waals surface area contributed by atoms with Gasteiger partial charge < -0.3 is 4.74 Å². The van der Waals surface area contributed by atoms with E-state index in [1.165, 1.54) is 0 Å². The molecule has 0 aliphatic heterocycles. The highest BCUT2D eigenvalue weighted by Gasteiger charge is 2.10. The molecule has 0 spiro atoms. The van der Waals surface area contributed by atoms with Crippen LogP contribution in [0.1, 0.15) is 24.5 Å². The Balaban J connectivity index is 2.62. The zero-order valence-corrected chi connectivity index (χ0v) is 10.0. The third-order valence-corrected chi connectivity index (χ3v) is 2.75. The third-order valence-electron chi connectivity index (χ3n) is 1.99. The van der Waals surface area contributed by atoms with Crippen LogP contribution in [-0.4, -0.2) is 10.9 Å². The van der Waals surface area contributed by atoms with E-state index in [1.54, 1.807) is 0 Å². The van der Waals surface area contributed by atoms with Gasteiger partial charge in [-0.2, -0.15) is 0 Å². The van der Waals surface area contributed by atoms with Crippen LogP contribution in [0.15, 0.2) is 30.3 Å². The Morgan fingerprint density at radius 1 is 1.36 bits per heavy atom. The van der Waals surface area contributed by atoms with Gasteiger partial charge in [0.1, 0.15) is 6.10 Å². The van der Waals surface area contributed by atoms with Gasteiger partial charge in [0.05, 0.1) is 0 Å². The van der Waals surface area contributed by atoms with Crippen molar-refractivity contribution in [2.24, 2.45) is 0 Å². The Hall–Kier alpha value is -0.580. The van der Waals surface area contributed by atoms with Crippen molar-refractivity contribution in [3.63, 3.8) is 0 Å². The molecule has 76 valence electrons. The van der Waals surface area contributed by atoms with Crippen molar-refractivity contribution in [1.29, 1.82) is 0 Å². The predicted octanol–water partition coefficient (Wildman–Crippen LogP) is 3.12. The van der Waals surface area contributed by atoms with Gasteiger partial charge in [0.25, 0.3) is 6.47 Å². The summed E-state index contributed by atoms with van der Waals surface area (Å²) in [5, 5.41) is 0. The average Bonchev–Trinajstić information content (AvgIpc) is 2.25. The molecule has 1 aromatic rings. The van der Waals surface area contributed by atoms with Crippen LogP contribution in [0.5, 0.6) is 0 Å². The Labute approximate surface area is 97.8 Å². The van der Waals surface area contributed by atoms with Gasteiger partial charge in [0.2, 0.25) is 0 Å². The molecule has 0 saturated carbocycles. The average molecular weight is 304 g/mol. The fourth-order valence-corrected chi connectivity index (χ4v) is 1.75. The molecule has 0 radical (unpaired) electrons.